The SMILES string of the molecule is CC(C)C(=O)C(C(=O)OC(C)(C)C)C(=O)c1ccc(C(F)(F)F)cc1[N+](=O)[O-]. The Labute approximate surface area is 159 Å². The zero-order chi connectivity index (χ0) is 22.0. The largest absolute Gasteiger partial charge is 0.459 e. The Morgan fingerprint density at radius 1 is 1.11 bits per heavy atom. The Hall–Kier alpha value is -2.78. The monoisotopic (exact) mass is 403 g/mol. The van der Waals surface area contributed by atoms with Gasteiger partial charge in [-0.15, -0.1) is 0 Å². The van der Waals surface area contributed by atoms with Gasteiger partial charge in [0.05, 0.1) is 16.1 Å². The van der Waals surface area contributed by atoms with Gasteiger partial charge in [0.1, 0.15) is 5.60 Å². The molecule has 0 saturated heterocycles. The Morgan fingerprint density at radius 3 is 2.04 bits per heavy atom. The third-order valence-corrected chi connectivity index (χ3v) is 3.55. The highest BCUT2D eigenvalue weighted by Crippen LogP contribution is 2.34. The van der Waals surface area contributed by atoms with Crippen molar-refractivity contribution in [1.82, 2.24) is 0 Å². The number of nitrogens with zero attached hydrogens (tertiary/aromatic N) is 1. The average Bonchev–Trinajstić information content (AvgIpc) is 2.51. The lowest BCUT2D eigenvalue weighted by atomic mass is 9.87. The third-order valence-electron chi connectivity index (χ3n) is 3.55. The average molecular weight is 403 g/mol. The first-order chi connectivity index (χ1) is 12.6. The second kappa shape index (κ2) is 8.07. The Morgan fingerprint density at radius 2 is 1.64 bits per heavy atom. The highest BCUT2D eigenvalue weighted by molar-refractivity contribution is 6.24. The van der Waals surface area contributed by atoms with E-state index in [1.54, 1.807) is 0 Å². The smallest absolute Gasteiger partial charge is 0.416 e. The van der Waals surface area contributed by atoms with Crippen molar-refractivity contribution in [1.29, 1.82) is 0 Å². The minimum absolute atomic E-state index is 0.194. The van der Waals surface area contributed by atoms with E-state index in [0.717, 1.165) is 0 Å². The molecular weight excluding hydrogens is 383 g/mol. The van der Waals surface area contributed by atoms with Gasteiger partial charge in [-0.25, -0.2) is 0 Å². The molecule has 0 spiro atoms. The number of ether oxygens (including phenoxy) is 1. The van der Waals surface area contributed by atoms with E-state index in [0.29, 0.717) is 12.1 Å². The quantitative estimate of drug-likeness (QED) is 0.234. The lowest BCUT2D eigenvalue weighted by Crippen LogP contribution is -2.39. The molecule has 154 valence electrons. The molecule has 0 amide bonds. The number of halogens is 3. The van der Waals surface area contributed by atoms with Crippen LogP contribution in [-0.4, -0.2) is 28.1 Å². The van der Waals surface area contributed by atoms with Gasteiger partial charge in [-0.3, -0.25) is 24.5 Å². The number of esters is 1. The minimum Gasteiger partial charge on any atom is -0.459 e. The van der Waals surface area contributed by atoms with E-state index < -0.39 is 62.9 Å². The first-order valence-electron chi connectivity index (χ1n) is 8.22. The maximum absolute atomic E-state index is 12.8. The van der Waals surface area contributed by atoms with E-state index in [-0.39, 0.29) is 6.07 Å². The fraction of sp³-hybridized carbons (Fsp3) is 0.500. The van der Waals surface area contributed by atoms with E-state index >= 15 is 0 Å². The number of benzene rings is 1. The van der Waals surface area contributed by atoms with Crippen molar-refractivity contribution < 1.29 is 37.2 Å². The molecule has 0 bridgehead atoms. The van der Waals surface area contributed by atoms with Gasteiger partial charge in [0, 0.05) is 12.0 Å². The lowest BCUT2D eigenvalue weighted by molar-refractivity contribution is -0.385. The van der Waals surface area contributed by atoms with Crippen LogP contribution in [0.2, 0.25) is 0 Å². The zero-order valence-corrected chi connectivity index (χ0v) is 15.9. The summed E-state index contributed by atoms with van der Waals surface area (Å²) in [4.78, 5) is 47.7. The van der Waals surface area contributed by atoms with Crippen LogP contribution in [0.1, 0.15) is 50.5 Å². The molecule has 1 unspecified atom stereocenters. The number of rotatable bonds is 6. The molecule has 1 rings (SSSR count). The summed E-state index contributed by atoms with van der Waals surface area (Å²) < 4.78 is 43.6. The van der Waals surface area contributed by atoms with Crippen LogP contribution < -0.4 is 0 Å². The number of hydrogen-bond acceptors (Lipinski definition) is 6. The van der Waals surface area contributed by atoms with Crippen molar-refractivity contribution in [3.05, 3.63) is 39.4 Å². The number of alkyl halides is 3. The fourth-order valence-electron chi connectivity index (χ4n) is 2.27. The molecule has 0 aliphatic heterocycles. The number of nitro benzene ring substituents is 1. The maximum atomic E-state index is 12.8. The molecule has 0 N–H and O–H groups in total. The predicted molar refractivity (Wildman–Crippen MR) is 91.6 cm³/mol. The molecule has 10 heteroatoms. The number of Topliss-reactive ketones (excluding diaryl/α,β-unsaturated/α-hetero) is 2. The van der Waals surface area contributed by atoms with Gasteiger partial charge in [-0.1, -0.05) is 13.8 Å². The molecule has 0 aliphatic rings. The molecule has 7 nitrogen and oxygen atoms in total. The molecule has 1 aromatic carbocycles. The predicted octanol–water partition coefficient (Wildman–Crippen LogP) is 3.98. The van der Waals surface area contributed by atoms with Gasteiger partial charge < -0.3 is 4.74 Å². The number of carbonyl (C=O) groups excluding carboxylic acids is 3. The Kier molecular flexibility index (Phi) is 6.71. The molecular formula is C18H20F3NO6. The zero-order valence-electron chi connectivity index (χ0n) is 15.9. The van der Waals surface area contributed by atoms with E-state index in [1.807, 2.05) is 0 Å². The number of hydrogen-bond donors (Lipinski definition) is 0. The normalized spacial score (nSPS) is 13.2. The third kappa shape index (κ3) is 5.61. The van der Waals surface area contributed by atoms with Crippen molar-refractivity contribution in [2.45, 2.75) is 46.4 Å². The van der Waals surface area contributed by atoms with Gasteiger partial charge in [-0.2, -0.15) is 13.2 Å². The van der Waals surface area contributed by atoms with Gasteiger partial charge in [0.2, 0.25) is 0 Å². The Bertz CT molecular complexity index is 809. The van der Waals surface area contributed by atoms with Crippen LogP contribution in [0.15, 0.2) is 18.2 Å². The van der Waals surface area contributed by atoms with Crippen LogP contribution in [0.4, 0.5) is 18.9 Å². The lowest BCUT2D eigenvalue weighted by Gasteiger charge is -2.23. The standard InChI is InChI=1S/C18H20F3NO6/c1-9(2)14(23)13(16(25)28-17(3,4)5)15(24)11-7-6-10(18(19,20)21)8-12(11)22(26)27/h6-9,13H,1-5H3. The number of ketones is 2. The summed E-state index contributed by atoms with van der Waals surface area (Å²) >= 11 is 0. The van der Waals surface area contributed by atoms with E-state index in [4.69, 9.17) is 4.74 Å². The summed E-state index contributed by atoms with van der Waals surface area (Å²) in [5, 5.41) is 11.2. The highest BCUT2D eigenvalue weighted by atomic mass is 19.4. The number of nitro groups is 1. The summed E-state index contributed by atoms with van der Waals surface area (Å²) in [6.07, 6.45) is -4.87. The first-order valence-corrected chi connectivity index (χ1v) is 8.22. The highest BCUT2D eigenvalue weighted by Gasteiger charge is 2.42. The van der Waals surface area contributed by atoms with Crippen LogP contribution in [0.25, 0.3) is 0 Å². The second-order valence-electron chi connectivity index (χ2n) is 7.37. The van der Waals surface area contributed by atoms with Crippen LogP contribution in [0.3, 0.4) is 0 Å². The van der Waals surface area contributed by atoms with E-state index in [2.05, 4.69) is 0 Å². The topological polar surface area (TPSA) is 104 Å². The molecule has 0 saturated carbocycles. The maximum Gasteiger partial charge on any atom is 0.416 e. The minimum atomic E-state index is -4.87. The van der Waals surface area contributed by atoms with Gasteiger partial charge in [0.25, 0.3) is 5.69 Å². The van der Waals surface area contributed by atoms with Gasteiger partial charge in [0.15, 0.2) is 17.5 Å². The summed E-state index contributed by atoms with van der Waals surface area (Å²) in [7, 11) is 0. The molecule has 0 aliphatic carbocycles. The van der Waals surface area contributed by atoms with E-state index in [1.165, 1.54) is 34.6 Å². The summed E-state index contributed by atoms with van der Waals surface area (Å²) in [5.74, 6) is -6.17. The summed E-state index contributed by atoms with van der Waals surface area (Å²) in [5.41, 5.74) is -4.31. The molecule has 0 aromatic heterocycles. The van der Waals surface area contributed by atoms with Crippen LogP contribution in [-0.2, 0) is 20.5 Å². The van der Waals surface area contributed by atoms with Crippen LogP contribution >= 0.6 is 0 Å². The van der Waals surface area contributed by atoms with Gasteiger partial charge in [-0.05, 0) is 32.9 Å². The van der Waals surface area contributed by atoms with Crippen molar-refractivity contribution in [2.75, 3.05) is 0 Å². The molecule has 1 atom stereocenters. The van der Waals surface area contributed by atoms with Crippen LogP contribution in [0, 0.1) is 22.0 Å². The summed E-state index contributed by atoms with van der Waals surface area (Å²) in [6.45, 7) is 7.30. The van der Waals surface area contributed by atoms with Crippen molar-refractivity contribution >= 4 is 23.2 Å². The van der Waals surface area contributed by atoms with Crippen LogP contribution in [0.5, 0.6) is 0 Å². The number of carbonyl (C=O) groups is 3. The summed E-state index contributed by atoms with van der Waals surface area (Å²) in [6, 6.07) is 1.26. The molecule has 0 radical (unpaired) electrons. The van der Waals surface area contributed by atoms with Crippen molar-refractivity contribution in [3.63, 3.8) is 0 Å². The first kappa shape index (κ1) is 23.3. The molecule has 0 fully saturated rings. The molecule has 28 heavy (non-hydrogen) atoms. The molecule has 1 aromatic rings. The Balaban J connectivity index is 3.52. The molecule has 0 heterocycles. The fourth-order valence-corrected chi connectivity index (χ4v) is 2.27. The van der Waals surface area contributed by atoms with Crippen molar-refractivity contribution in [3.8, 4) is 0 Å². The van der Waals surface area contributed by atoms with Gasteiger partial charge >= 0.3 is 12.1 Å². The van der Waals surface area contributed by atoms with Crippen molar-refractivity contribution in [2.24, 2.45) is 11.8 Å². The van der Waals surface area contributed by atoms with E-state index in [9.17, 15) is 37.7 Å². The second-order valence-corrected chi connectivity index (χ2v) is 7.37.